The first-order valence-electron chi connectivity index (χ1n) is 5.33. The van der Waals surface area contributed by atoms with Gasteiger partial charge in [-0.2, -0.15) is 11.8 Å². The van der Waals surface area contributed by atoms with Crippen molar-refractivity contribution in [2.75, 3.05) is 17.3 Å². The summed E-state index contributed by atoms with van der Waals surface area (Å²) in [4.78, 5) is 11.1. The van der Waals surface area contributed by atoms with Gasteiger partial charge in [-0.1, -0.05) is 15.9 Å². The Morgan fingerprint density at radius 3 is 2.88 bits per heavy atom. The molecule has 0 saturated carbocycles. The quantitative estimate of drug-likeness (QED) is 0.840. The molecular weight excluding hydrogens is 302 g/mol. The Bertz CT molecular complexity index is 398. The maximum Gasteiger partial charge on any atom is 0.337 e. The number of aromatic carboxylic acids is 1. The number of hydrogen-bond donors (Lipinski definition) is 2. The topological polar surface area (TPSA) is 49.3 Å². The molecule has 0 saturated heterocycles. The van der Waals surface area contributed by atoms with Gasteiger partial charge in [0.1, 0.15) is 0 Å². The SMILES string of the molecule is CSCCC(C)Nc1ccc(Br)cc1C(=O)O. The van der Waals surface area contributed by atoms with E-state index in [0.717, 1.165) is 16.6 Å². The van der Waals surface area contributed by atoms with Crippen LogP contribution in [0, 0.1) is 0 Å². The number of hydrogen-bond acceptors (Lipinski definition) is 3. The first kappa shape index (κ1) is 14.4. The molecule has 5 heteroatoms. The molecule has 3 nitrogen and oxygen atoms in total. The molecule has 0 bridgehead atoms. The lowest BCUT2D eigenvalue weighted by atomic mass is 10.1. The molecule has 1 unspecified atom stereocenters. The predicted molar refractivity (Wildman–Crippen MR) is 77.2 cm³/mol. The fourth-order valence-electron chi connectivity index (χ4n) is 1.45. The highest BCUT2D eigenvalue weighted by Gasteiger charge is 2.12. The standard InChI is InChI=1S/C12H16BrNO2S/c1-8(5-6-17-2)14-11-4-3-9(13)7-10(11)12(15)16/h3-4,7-8,14H,5-6H2,1-2H3,(H,15,16). The van der Waals surface area contributed by atoms with Crippen molar-refractivity contribution < 1.29 is 9.90 Å². The summed E-state index contributed by atoms with van der Waals surface area (Å²) in [6.07, 6.45) is 3.07. The van der Waals surface area contributed by atoms with Crippen molar-refractivity contribution in [1.82, 2.24) is 0 Å². The van der Waals surface area contributed by atoms with Gasteiger partial charge in [-0.3, -0.25) is 0 Å². The molecule has 0 radical (unpaired) electrons. The highest BCUT2D eigenvalue weighted by molar-refractivity contribution is 9.10. The van der Waals surface area contributed by atoms with E-state index in [2.05, 4.69) is 34.4 Å². The third kappa shape index (κ3) is 4.60. The minimum absolute atomic E-state index is 0.265. The van der Waals surface area contributed by atoms with E-state index in [0.29, 0.717) is 11.3 Å². The molecule has 1 rings (SSSR count). The van der Waals surface area contributed by atoms with Crippen LogP contribution in [-0.2, 0) is 0 Å². The molecule has 17 heavy (non-hydrogen) atoms. The van der Waals surface area contributed by atoms with Gasteiger partial charge in [0, 0.05) is 16.2 Å². The summed E-state index contributed by atoms with van der Waals surface area (Å²) in [5.74, 6) is 0.151. The number of benzene rings is 1. The summed E-state index contributed by atoms with van der Waals surface area (Å²) >= 11 is 5.07. The van der Waals surface area contributed by atoms with Crippen LogP contribution in [0.2, 0.25) is 0 Å². The number of carboxylic acid groups (broad SMARTS) is 1. The van der Waals surface area contributed by atoms with Gasteiger partial charge in [0.05, 0.1) is 5.56 Å². The van der Waals surface area contributed by atoms with E-state index >= 15 is 0 Å². The lowest BCUT2D eigenvalue weighted by Gasteiger charge is -2.16. The number of nitrogens with one attached hydrogen (secondary N) is 1. The summed E-state index contributed by atoms with van der Waals surface area (Å²) in [5.41, 5.74) is 0.977. The van der Waals surface area contributed by atoms with Crippen molar-refractivity contribution in [3.05, 3.63) is 28.2 Å². The number of carboxylic acids is 1. The van der Waals surface area contributed by atoms with Crippen molar-refractivity contribution in [3.8, 4) is 0 Å². The van der Waals surface area contributed by atoms with Crippen molar-refractivity contribution >= 4 is 39.3 Å². The zero-order valence-electron chi connectivity index (χ0n) is 9.87. The molecular formula is C12H16BrNO2S. The molecule has 0 fully saturated rings. The number of carbonyl (C=O) groups is 1. The number of thioether (sulfide) groups is 1. The van der Waals surface area contributed by atoms with Gasteiger partial charge in [0.15, 0.2) is 0 Å². The molecule has 94 valence electrons. The van der Waals surface area contributed by atoms with E-state index in [1.54, 1.807) is 23.9 Å². The Kier molecular flexibility index (Phi) is 5.85. The summed E-state index contributed by atoms with van der Waals surface area (Å²) in [5, 5.41) is 12.4. The van der Waals surface area contributed by atoms with Gasteiger partial charge < -0.3 is 10.4 Å². The van der Waals surface area contributed by atoms with E-state index in [4.69, 9.17) is 5.11 Å². The van der Waals surface area contributed by atoms with Crippen molar-refractivity contribution in [2.24, 2.45) is 0 Å². The molecule has 2 N–H and O–H groups in total. The van der Waals surface area contributed by atoms with Gasteiger partial charge in [-0.15, -0.1) is 0 Å². The number of rotatable bonds is 6. The molecule has 0 aromatic heterocycles. The zero-order valence-corrected chi connectivity index (χ0v) is 12.3. The molecule has 0 heterocycles. The second-order valence-electron chi connectivity index (χ2n) is 3.82. The highest BCUT2D eigenvalue weighted by Crippen LogP contribution is 2.22. The van der Waals surface area contributed by atoms with Crippen LogP contribution in [0.4, 0.5) is 5.69 Å². The molecule has 0 amide bonds. The molecule has 0 aliphatic heterocycles. The van der Waals surface area contributed by atoms with Crippen molar-refractivity contribution in [3.63, 3.8) is 0 Å². The smallest absolute Gasteiger partial charge is 0.337 e. The van der Waals surface area contributed by atoms with Crippen molar-refractivity contribution in [1.29, 1.82) is 0 Å². The Morgan fingerprint density at radius 1 is 1.59 bits per heavy atom. The van der Waals surface area contributed by atoms with E-state index in [9.17, 15) is 4.79 Å². The minimum atomic E-state index is -0.911. The lowest BCUT2D eigenvalue weighted by Crippen LogP contribution is -2.18. The molecule has 0 spiro atoms. The summed E-state index contributed by atoms with van der Waals surface area (Å²) in [7, 11) is 0. The maximum absolute atomic E-state index is 11.1. The van der Waals surface area contributed by atoms with Gasteiger partial charge in [-0.05, 0) is 43.6 Å². The average Bonchev–Trinajstić information content (AvgIpc) is 2.28. The Labute approximate surface area is 114 Å². The van der Waals surface area contributed by atoms with E-state index in [-0.39, 0.29) is 6.04 Å². The summed E-state index contributed by atoms with van der Waals surface area (Å²) < 4.78 is 0.775. The molecule has 0 aliphatic carbocycles. The third-order valence-corrected chi connectivity index (χ3v) is 3.51. The Morgan fingerprint density at radius 2 is 2.29 bits per heavy atom. The largest absolute Gasteiger partial charge is 0.478 e. The van der Waals surface area contributed by atoms with Crippen LogP contribution in [0.15, 0.2) is 22.7 Å². The first-order valence-corrected chi connectivity index (χ1v) is 7.51. The number of halogens is 1. The van der Waals surface area contributed by atoms with Crippen LogP contribution in [0.1, 0.15) is 23.7 Å². The first-order chi connectivity index (χ1) is 8.04. The van der Waals surface area contributed by atoms with E-state index in [1.165, 1.54) is 0 Å². The maximum atomic E-state index is 11.1. The monoisotopic (exact) mass is 317 g/mol. The normalized spacial score (nSPS) is 12.2. The second kappa shape index (κ2) is 6.91. The molecule has 1 aromatic rings. The van der Waals surface area contributed by atoms with E-state index in [1.807, 2.05) is 6.07 Å². The number of anilines is 1. The van der Waals surface area contributed by atoms with Crippen LogP contribution >= 0.6 is 27.7 Å². The lowest BCUT2D eigenvalue weighted by molar-refractivity contribution is 0.0698. The molecule has 1 aromatic carbocycles. The fourth-order valence-corrected chi connectivity index (χ4v) is 2.40. The van der Waals surface area contributed by atoms with Crippen LogP contribution in [0.25, 0.3) is 0 Å². The zero-order chi connectivity index (χ0) is 12.8. The highest BCUT2D eigenvalue weighted by atomic mass is 79.9. The second-order valence-corrected chi connectivity index (χ2v) is 5.72. The summed E-state index contributed by atoms with van der Waals surface area (Å²) in [6, 6.07) is 5.52. The van der Waals surface area contributed by atoms with Gasteiger partial charge in [0.25, 0.3) is 0 Å². The predicted octanol–water partition coefficient (Wildman–Crippen LogP) is 3.70. The average molecular weight is 318 g/mol. The van der Waals surface area contributed by atoms with E-state index < -0.39 is 5.97 Å². The van der Waals surface area contributed by atoms with Crippen molar-refractivity contribution in [2.45, 2.75) is 19.4 Å². The summed E-state index contributed by atoms with van der Waals surface area (Å²) in [6.45, 7) is 2.06. The molecule has 0 aliphatic rings. The molecule has 1 atom stereocenters. The van der Waals surface area contributed by atoms with Crippen LogP contribution in [0.5, 0.6) is 0 Å². The Hall–Kier alpha value is -0.680. The van der Waals surface area contributed by atoms with Crippen LogP contribution in [-0.4, -0.2) is 29.1 Å². The van der Waals surface area contributed by atoms with Gasteiger partial charge >= 0.3 is 5.97 Å². The Balaban J connectivity index is 2.79. The minimum Gasteiger partial charge on any atom is -0.478 e. The van der Waals surface area contributed by atoms with Crippen LogP contribution < -0.4 is 5.32 Å². The van der Waals surface area contributed by atoms with Crippen LogP contribution in [0.3, 0.4) is 0 Å². The van der Waals surface area contributed by atoms with Gasteiger partial charge in [0.2, 0.25) is 0 Å². The fraction of sp³-hybridized carbons (Fsp3) is 0.417. The third-order valence-electron chi connectivity index (χ3n) is 2.37. The van der Waals surface area contributed by atoms with Gasteiger partial charge in [-0.25, -0.2) is 4.79 Å².